The number of amides is 2. The fourth-order valence-corrected chi connectivity index (χ4v) is 4.19. The SMILES string of the molecule is O=C(NNC(=O)c1ccccc1[N+](=O)[O-])c1ccc(-n2nc(C(F)(F)F)c3c2-c2ccoc2CC3)cc1. The van der Waals surface area contributed by atoms with E-state index in [2.05, 4.69) is 16.0 Å². The molecule has 2 N–H and O–H groups in total. The molecule has 0 unspecified atom stereocenters. The molecule has 2 heterocycles. The van der Waals surface area contributed by atoms with Crippen molar-refractivity contribution in [3.63, 3.8) is 0 Å². The molecule has 2 aromatic heterocycles. The lowest BCUT2D eigenvalue weighted by atomic mass is 9.94. The van der Waals surface area contributed by atoms with Crippen LogP contribution in [-0.4, -0.2) is 26.5 Å². The normalized spacial score (nSPS) is 12.4. The molecule has 0 bridgehead atoms. The Morgan fingerprint density at radius 1 is 1.00 bits per heavy atom. The average Bonchev–Trinajstić information content (AvgIpc) is 3.51. The van der Waals surface area contributed by atoms with Crippen LogP contribution < -0.4 is 10.9 Å². The summed E-state index contributed by atoms with van der Waals surface area (Å²) in [7, 11) is 0. The lowest BCUT2D eigenvalue weighted by Crippen LogP contribution is -2.41. The highest BCUT2D eigenvalue weighted by molar-refractivity contribution is 6.01. The third kappa shape index (κ3) is 4.30. The molecule has 1 aliphatic rings. The number of nitro groups is 1. The Morgan fingerprint density at radius 3 is 2.41 bits per heavy atom. The Balaban J connectivity index is 1.38. The van der Waals surface area contributed by atoms with E-state index in [9.17, 15) is 32.9 Å². The number of nitrogens with zero attached hydrogens (tertiary/aromatic N) is 3. The van der Waals surface area contributed by atoms with Crippen molar-refractivity contribution in [1.82, 2.24) is 20.6 Å². The molecule has 0 saturated heterocycles. The molecule has 10 nitrogen and oxygen atoms in total. The number of rotatable bonds is 4. The third-order valence-electron chi connectivity index (χ3n) is 5.86. The lowest BCUT2D eigenvalue weighted by Gasteiger charge is -2.15. The number of carbonyl (C=O) groups is 2. The average molecular weight is 511 g/mol. The number of fused-ring (bicyclic) bond motifs is 3. The number of aromatic nitrogens is 2. The zero-order chi connectivity index (χ0) is 26.3. The van der Waals surface area contributed by atoms with Gasteiger partial charge in [0.25, 0.3) is 17.5 Å². The van der Waals surface area contributed by atoms with Crippen LogP contribution in [0.25, 0.3) is 16.9 Å². The standard InChI is InChI=1S/C24H16F3N5O5/c25-24(26,27)21-17-9-10-19-16(11-12-37-19)20(17)31(30-21)14-7-5-13(6-8-14)22(33)28-29-23(34)15-3-1-2-4-18(15)32(35)36/h1-8,11-12H,9-10H2,(H,28,33)(H,29,34). The summed E-state index contributed by atoms with van der Waals surface area (Å²) in [6.07, 6.45) is -2.80. The molecule has 0 spiro atoms. The summed E-state index contributed by atoms with van der Waals surface area (Å²) in [6, 6.07) is 12.3. The summed E-state index contributed by atoms with van der Waals surface area (Å²) < 4.78 is 47.7. The van der Waals surface area contributed by atoms with Crippen molar-refractivity contribution in [2.45, 2.75) is 19.0 Å². The third-order valence-corrected chi connectivity index (χ3v) is 5.86. The van der Waals surface area contributed by atoms with Gasteiger partial charge in [-0.05, 0) is 42.8 Å². The van der Waals surface area contributed by atoms with Crippen molar-refractivity contribution < 1.29 is 32.1 Å². The van der Waals surface area contributed by atoms with Crippen LogP contribution in [0.15, 0.2) is 65.3 Å². The van der Waals surface area contributed by atoms with Crippen LogP contribution in [0.4, 0.5) is 18.9 Å². The highest BCUT2D eigenvalue weighted by Crippen LogP contribution is 2.42. The van der Waals surface area contributed by atoms with E-state index in [1.54, 1.807) is 6.07 Å². The van der Waals surface area contributed by atoms with Gasteiger partial charge in [-0.3, -0.25) is 30.6 Å². The number of hydrazine groups is 1. The zero-order valence-electron chi connectivity index (χ0n) is 18.7. The van der Waals surface area contributed by atoms with E-state index < -0.39 is 34.3 Å². The number of para-hydroxylation sites is 1. The Morgan fingerprint density at radius 2 is 1.70 bits per heavy atom. The van der Waals surface area contributed by atoms with E-state index in [0.29, 0.717) is 17.7 Å². The molecular weight excluding hydrogens is 495 g/mol. The largest absolute Gasteiger partial charge is 0.469 e. The Kier molecular flexibility index (Phi) is 5.74. The number of benzene rings is 2. The van der Waals surface area contributed by atoms with Gasteiger partial charge in [0, 0.05) is 29.2 Å². The Hall–Kier alpha value is -4.94. The van der Waals surface area contributed by atoms with Crippen molar-refractivity contribution in [2.24, 2.45) is 0 Å². The maximum Gasteiger partial charge on any atom is 0.435 e. The van der Waals surface area contributed by atoms with Gasteiger partial charge in [0.15, 0.2) is 5.69 Å². The van der Waals surface area contributed by atoms with Gasteiger partial charge in [0.2, 0.25) is 0 Å². The molecule has 4 aromatic rings. The molecule has 37 heavy (non-hydrogen) atoms. The molecule has 2 amide bonds. The molecular formula is C24H16F3N5O5. The van der Waals surface area contributed by atoms with Gasteiger partial charge in [-0.25, -0.2) is 4.68 Å². The first-order valence-electron chi connectivity index (χ1n) is 10.9. The molecule has 0 fully saturated rings. The Labute approximate surface area is 205 Å². The maximum absolute atomic E-state index is 13.7. The maximum atomic E-state index is 13.7. The van der Waals surface area contributed by atoms with Crippen LogP contribution in [0.3, 0.4) is 0 Å². The van der Waals surface area contributed by atoms with E-state index >= 15 is 0 Å². The zero-order valence-corrected chi connectivity index (χ0v) is 18.7. The number of aryl methyl sites for hydroxylation is 1. The first kappa shape index (κ1) is 23.8. The minimum Gasteiger partial charge on any atom is -0.469 e. The minimum absolute atomic E-state index is 0.0703. The predicted molar refractivity (Wildman–Crippen MR) is 122 cm³/mol. The van der Waals surface area contributed by atoms with Crippen LogP contribution >= 0.6 is 0 Å². The van der Waals surface area contributed by atoms with E-state index in [4.69, 9.17) is 4.42 Å². The molecule has 2 aromatic carbocycles. The van der Waals surface area contributed by atoms with E-state index in [1.165, 1.54) is 53.4 Å². The van der Waals surface area contributed by atoms with Crippen molar-refractivity contribution in [3.05, 3.63) is 99.1 Å². The van der Waals surface area contributed by atoms with E-state index in [0.717, 1.165) is 6.07 Å². The number of hydrogen-bond donors (Lipinski definition) is 2. The number of alkyl halides is 3. The predicted octanol–water partition coefficient (Wildman–Crippen LogP) is 4.23. The molecule has 0 saturated carbocycles. The van der Waals surface area contributed by atoms with Gasteiger partial charge in [0.1, 0.15) is 11.3 Å². The number of furan rings is 1. The number of nitrogens with one attached hydrogen (secondary N) is 2. The molecule has 0 atom stereocenters. The summed E-state index contributed by atoms with van der Waals surface area (Å²) in [5.41, 5.74) is 3.84. The summed E-state index contributed by atoms with van der Waals surface area (Å²) in [5.74, 6) is -1.07. The number of nitro benzene ring substituents is 1. The molecule has 1 aliphatic carbocycles. The lowest BCUT2D eigenvalue weighted by molar-refractivity contribution is -0.385. The second kappa shape index (κ2) is 8.93. The minimum atomic E-state index is -4.65. The summed E-state index contributed by atoms with van der Waals surface area (Å²) in [4.78, 5) is 35.2. The second-order valence-electron chi connectivity index (χ2n) is 8.07. The fourth-order valence-electron chi connectivity index (χ4n) is 4.19. The summed E-state index contributed by atoms with van der Waals surface area (Å²) >= 11 is 0. The summed E-state index contributed by atoms with van der Waals surface area (Å²) in [5, 5.41) is 14.9. The van der Waals surface area contributed by atoms with Gasteiger partial charge in [-0.1, -0.05) is 12.1 Å². The van der Waals surface area contributed by atoms with Gasteiger partial charge < -0.3 is 4.42 Å². The number of halogens is 3. The van der Waals surface area contributed by atoms with Gasteiger partial charge >= 0.3 is 6.18 Å². The number of hydrogen-bond acceptors (Lipinski definition) is 6. The van der Waals surface area contributed by atoms with Crippen LogP contribution in [0.5, 0.6) is 0 Å². The molecule has 0 radical (unpaired) electrons. The molecule has 188 valence electrons. The van der Waals surface area contributed by atoms with Gasteiger partial charge in [0.05, 0.1) is 22.6 Å². The quantitative estimate of drug-likeness (QED) is 0.311. The monoisotopic (exact) mass is 511 g/mol. The Bertz CT molecular complexity index is 1540. The van der Waals surface area contributed by atoms with Crippen molar-refractivity contribution >= 4 is 17.5 Å². The first-order valence-corrected chi connectivity index (χ1v) is 10.9. The highest BCUT2D eigenvalue weighted by atomic mass is 19.4. The van der Waals surface area contributed by atoms with Crippen LogP contribution in [0.1, 0.15) is 37.7 Å². The van der Waals surface area contributed by atoms with Crippen molar-refractivity contribution in [2.75, 3.05) is 0 Å². The summed E-state index contributed by atoms with van der Waals surface area (Å²) in [6.45, 7) is 0. The van der Waals surface area contributed by atoms with Crippen LogP contribution in [0.2, 0.25) is 0 Å². The fraction of sp³-hybridized carbons (Fsp3) is 0.125. The second-order valence-corrected chi connectivity index (χ2v) is 8.07. The van der Waals surface area contributed by atoms with Crippen LogP contribution in [0, 0.1) is 10.1 Å². The molecule has 0 aliphatic heterocycles. The van der Waals surface area contributed by atoms with E-state index in [1.807, 2.05) is 0 Å². The van der Waals surface area contributed by atoms with Gasteiger partial charge in [-0.15, -0.1) is 0 Å². The van der Waals surface area contributed by atoms with E-state index in [-0.39, 0.29) is 34.5 Å². The topological polar surface area (TPSA) is 132 Å². The number of carbonyl (C=O) groups excluding carboxylic acids is 2. The van der Waals surface area contributed by atoms with Crippen molar-refractivity contribution in [3.8, 4) is 16.9 Å². The van der Waals surface area contributed by atoms with Gasteiger partial charge in [-0.2, -0.15) is 18.3 Å². The first-order chi connectivity index (χ1) is 17.6. The molecule has 13 heteroatoms. The smallest absolute Gasteiger partial charge is 0.435 e. The van der Waals surface area contributed by atoms with Crippen molar-refractivity contribution in [1.29, 1.82) is 0 Å². The van der Waals surface area contributed by atoms with Crippen LogP contribution in [-0.2, 0) is 19.0 Å². The highest BCUT2D eigenvalue weighted by Gasteiger charge is 2.41. The molecule has 5 rings (SSSR count).